The van der Waals surface area contributed by atoms with Crippen LogP contribution in [0.15, 0.2) is 46.9 Å². The van der Waals surface area contributed by atoms with Crippen molar-refractivity contribution in [1.82, 2.24) is 4.98 Å². The number of halogens is 2. The molecule has 1 N–H and O–H groups in total. The molecule has 7 heteroatoms. The molecule has 0 unspecified atom stereocenters. The zero-order valence-electron chi connectivity index (χ0n) is 15.0. The van der Waals surface area contributed by atoms with Crippen LogP contribution in [0.25, 0.3) is 22.0 Å². The lowest BCUT2D eigenvalue weighted by molar-refractivity contribution is -0.143. The highest BCUT2D eigenvalue weighted by atomic mass is 79.9. The van der Waals surface area contributed by atoms with Crippen molar-refractivity contribution in [3.8, 4) is 16.9 Å². The van der Waals surface area contributed by atoms with Crippen molar-refractivity contribution in [1.29, 1.82) is 0 Å². The molecule has 0 aliphatic carbocycles. The summed E-state index contributed by atoms with van der Waals surface area (Å²) in [5, 5.41) is 11.7. The largest absolute Gasteiger partial charge is 0.504 e. The highest BCUT2D eigenvalue weighted by Crippen LogP contribution is 2.36. The number of esters is 1. The summed E-state index contributed by atoms with van der Waals surface area (Å²) in [5.74, 6) is -1.13. The third-order valence-corrected chi connectivity index (χ3v) is 5.22. The molecule has 0 bridgehead atoms. The lowest BCUT2D eigenvalue weighted by Crippen LogP contribution is -2.09. The predicted octanol–water partition coefficient (Wildman–Crippen LogP) is 5.55. The maximum Gasteiger partial charge on any atom is 0.306 e. The van der Waals surface area contributed by atoms with Gasteiger partial charge in [0.15, 0.2) is 11.5 Å². The maximum absolute atomic E-state index is 12.5. The first-order valence-corrected chi connectivity index (χ1v) is 9.84. The number of aromatic nitrogens is 1. The van der Waals surface area contributed by atoms with Gasteiger partial charge in [-0.3, -0.25) is 9.59 Å². The van der Waals surface area contributed by atoms with Gasteiger partial charge in [0.2, 0.25) is 0 Å². The Morgan fingerprint density at radius 2 is 1.89 bits per heavy atom. The van der Waals surface area contributed by atoms with Gasteiger partial charge in [-0.25, -0.2) is 4.98 Å². The Kier molecular flexibility index (Phi) is 6.31. The highest BCUT2D eigenvalue weighted by Gasteiger charge is 2.20. The zero-order valence-corrected chi connectivity index (χ0v) is 17.4. The number of aromatic hydroxyl groups is 1. The molecule has 0 spiro atoms. The molecule has 0 amide bonds. The van der Waals surface area contributed by atoms with E-state index in [-0.39, 0.29) is 30.9 Å². The van der Waals surface area contributed by atoms with E-state index in [0.717, 1.165) is 11.1 Å². The molecule has 0 radical (unpaired) electrons. The van der Waals surface area contributed by atoms with Gasteiger partial charge < -0.3 is 9.84 Å². The minimum Gasteiger partial charge on any atom is -0.504 e. The van der Waals surface area contributed by atoms with Crippen LogP contribution in [0, 0.1) is 0 Å². The number of carbonyl (C=O) groups excluding carboxylic acids is 2. The number of ketones is 1. The molecule has 3 aromatic rings. The Bertz CT molecular complexity index is 1070. The minimum atomic E-state index is -0.460. The number of hydrogen-bond acceptors (Lipinski definition) is 5. The minimum absolute atomic E-state index is 0.0635. The van der Waals surface area contributed by atoms with Crippen molar-refractivity contribution in [3.05, 3.63) is 57.7 Å². The molecule has 3 rings (SSSR count). The summed E-state index contributed by atoms with van der Waals surface area (Å²) >= 11 is 9.41. The second-order valence-corrected chi connectivity index (χ2v) is 7.32. The summed E-state index contributed by atoms with van der Waals surface area (Å²) < 4.78 is 5.22. The van der Waals surface area contributed by atoms with Gasteiger partial charge in [-0.15, -0.1) is 0 Å². The number of pyridine rings is 1. The molecular formula is C21H17BrClNO4. The average molecular weight is 463 g/mol. The van der Waals surface area contributed by atoms with Crippen molar-refractivity contribution >= 4 is 50.2 Å². The van der Waals surface area contributed by atoms with E-state index in [1.807, 2.05) is 36.4 Å². The maximum atomic E-state index is 12.5. The number of hydrogen-bond donors (Lipinski definition) is 1. The highest BCUT2D eigenvalue weighted by molar-refractivity contribution is 9.10. The quantitative estimate of drug-likeness (QED) is 0.384. The number of rotatable bonds is 6. The van der Waals surface area contributed by atoms with Crippen molar-refractivity contribution in [3.63, 3.8) is 0 Å². The molecule has 0 fully saturated rings. The van der Waals surface area contributed by atoms with Crippen LogP contribution in [-0.2, 0) is 9.53 Å². The molecule has 0 aliphatic rings. The van der Waals surface area contributed by atoms with Gasteiger partial charge in [0.05, 0.1) is 23.0 Å². The number of benzene rings is 2. The number of ether oxygens (including phenoxy) is 1. The lowest BCUT2D eigenvalue weighted by Gasteiger charge is -2.10. The third kappa shape index (κ3) is 4.34. The number of carbonyl (C=O) groups is 2. The third-order valence-electron chi connectivity index (χ3n) is 4.18. The van der Waals surface area contributed by atoms with Crippen molar-refractivity contribution in [2.24, 2.45) is 0 Å². The van der Waals surface area contributed by atoms with E-state index in [0.29, 0.717) is 20.4 Å². The Morgan fingerprint density at radius 3 is 2.61 bits per heavy atom. The monoisotopic (exact) mass is 461 g/mol. The van der Waals surface area contributed by atoms with Gasteiger partial charge in [0.25, 0.3) is 0 Å². The number of nitrogens with zero attached hydrogens (tertiary/aromatic N) is 1. The van der Waals surface area contributed by atoms with Crippen LogP contribution >= 0.6 is 27.5 Å². The summed E-state index contributed by atoms with van der Waals surface area (Å²) in [6.45, 7) is 1.95. The normalized spacial score (nSPS) is 10.8. The van der Waals surface area contributed by atoms with Crippen LogP contribution in [0.3, 0.4) is 0 Å². The molecule has 144 valence electrons. The van der Waals surface area contributed by atoms with E-state index in [4.69, 9.17) is 16.3 Å². The Morgan fingerprint density at radius 1 is 1.14 bits per heavy atom. The Balaban J connectivity index is 1.98. The molecule has 1 aromatic heterocycles. The first-order valence-electron chi connectivity index (χ1n) is 8.67. The van der Waals surface area contributed by atoms with Gasteiger partial charge in [0, 0.05) is 16.8 Å². The summed E-state index contributed by atoms with van der Waals surface area (Å²) in [6.07, 6.45) is -0.155. The second-order valence-electron chi connectivity index (χ2n) is 6.09. The fourth-order valence-corrected chi connectivity index (χ4v) is 3.54. The molecule has 0 aliphatic heterocycles. The zero-order chi connectivity index (χ0) is 20.3. The lowest BCUT2D eigenvalue weighted by atomic mass is 10.0. The number of fused-ring (bicyclic) bond motifs is 1. The van der Waals surface area contributed by atoms with Gasteiger partial charge in [-0.1, -0.05) is 35.9 Å². The van der Waals surface area contributed by atoms with Crippen LogP contribution in [0.2, 0.25) is 5.02 Å². The fourth-order valence-electron chi connectivity index (χ4n) is 2.82. The van der Waals surface area contributed by atoms with Crippen LogP contribution in [-0.4, -0.2) is 28.4 Å². The molecule has 0 saturated carbocycles. The van der Waals surface area contributed by atoms with Crippen molar-refractivity contribution < 1.29 is 19.4 Å². The summed E-state index contributed by atoms with van der Waals surface area (Å²) in [4.78, 5) is 28.3. The van der Waals surface area contributed by atoms with Crippen LogP contribution in [0.1, 0.15) is 30.3 Å². The smallest absolute Gasteiger partial charge is 0.306 e. The van der Waals surface area contributed by atoms with Crippen LogP contribution < -0.4 is 0 Å². The van der Waals surface area contributed by atoms with Gasteiger partial charge in [0.1, 0.15) is 5.69 Å². The summed E-state index contributed by atoms with van der Waals surface area (Å²) in [7, 11) is 0. The molecule has 0 saturated heterocycles. The van der Waals surface area contributed by atoms with E-state index in [2.05, 4.69) is 20.9 Å². The van der Waals surface area contributed by atoms with Gasteiger partial charge in [-0.05, 0) is 52.2 Å². The van der Waals surface area contributed by atoms with Gasteiger partial charge >= 0.3 is 5.97 Å². The average Bonchev–Trinajstić information content (AvgIpc) is 2.68. The molecule has 2 aromatic carbocycles. The van der Waals surface area contributed by atoms with E-state index in [1.54, 1.807) is 13.0 Å². The molecule has 5 nitrogen and oxygen atoms in total. The first kappa shape index (κ1) is 20.3. The molecule has 1 heterocycles. The SMILES string of the molecule is CCOC(=O)CCC(=O)c1nc2cc(-c3cccc(Cl)c3)ccc2c(Br)c1O. The fraction of sp³-hybridized carbons (Fsp3) is 0.190. The molecule has 28 heavy (non-hydrogen) atoms. The predicted molar refractivity (Wildman–Crippen MR) is 112 cm³/mol. The van der Waals surface area contributed by atoms with Crippen LogP contribution in [0.4, 0.5) is 0 Å². The Hall–Kier alpha value is -2.44. The van der Waals surface area contributed by atoms with E-state index < -0.39 is 11.8 Å². The van der Waals surface area contributed by atoms with E-state index in [1.165, 1.54) is 0 Å². The first-order chi connectivity index (χ1) is 13.4. The number of Topliss-reactive ketones (excluding diaryl/α,β-unsaturated/α-hetero) is 1. The Labute approximate surface area is 175 Å². The van der Waals surface area contributed by atoms with Crippen molar-refractivity contribution in [2.75, 3.05) is 6.61 Å². The van der Waals surface area contributed by atoms with Crippen molar-refractivity contribution in [2.45, 2.75) is 19.8 Å². The van der Waals surface area contributed by atoms with Gasteiger partial charge in [-0.2, -0.15) is 0 Å². The molecular weight excluding hydrogens is 446 g/mol. The topological polar surface area (TPSA) is 76.5 Å². The standard InChI is InChI=1S/C21H17BrClNO4/c1-2-28-18(26)9-8-17(25)20-21(27)19(22)15-7-6-13(11-16(15)24-20)12-4-3-5-14(23)10-12/h3-7,10-11,27H,2,8-9H2,1H3. The molecule has 0 atom stereocenters. The summed E-state index contributed by atoms with van der Waals surface area (Å²) in [5.41, 5.74) is 2.26. The van der Waals surface area contributed by atoms with Crippen LogP contribution in [0.5, 0.6) is 5.75 Å². The van der Waals surface area contributed by atoms with E-state index in [9.17, 15) is 14.7 Å². The van der Waals surface area contributed by atoms with E-state index >= 15 is 0 Å². The second kappa shape index (κ2) is 8.71. The summed E-state index contributed by atoms with van der Waals surface area (Å²) in [6, 6.07) is 12.9.